The summed E-state index contributed by atoms with van der Waals surface area (Å²) < 4.78 is 0. The van der Waals surface area contributed by atoms with Gasteiger partial charge in [0.15, 0.2) is 5.75 Å². The van der Waals surface area contributed by atoms with Gasteiger partial charge >= 0.3 is 0 Å². The molecule has 2 rings (SSSR count). The van der Waals surface area contributed by atoms with Gasteiger partial charge in [0.25, 0.3) is 11.4 Å². The predicted octanol–water partition coefficient (Wildman–Crippen LogP) is 3.31. The summed E-state index contributed by atoms with van der Waals surface area (Å²) in [4.78, 5) is 25.2. The van der Waals surface area contributed by atoms with Gasteiger partial charge in [-0.15, -0.1) is 0 Å². The molecular formula is C14H11N3O5. The number of hydrogen-bond donors (Lipinski definition) is 0. The maximum atomic E-state index is 10.8. The smallest absolute Gasteiger partial charge is 0.280 e. The quantitative estimate of drug-likeness (QED) is 0.478. The third kappa shape index (κ3) is 3.63. The molecule has 0 unspecified atom stereocenters. The number of nitro groups is 2. The van der Waals surface area contributed by atoms with E-state index in [0.29, 0.717) is 5.71 Å². The molecule has 0 amide bonds. The monoisotopic (exact) mass is 301 g/mol. The molecule has 0 radical (unpaired) electrons. The van der Waals surface area contributed by atoms with Crippen molar-refractivity contribution in [1.82, 2.24) is 0 Å². The zero-order valence-corrected chi connectivity index (χ0v) is 11.5. The van der Waals surface area contributed by atoms with E-state index in [1.165, 1.54) is 0 Å². The molecule has 112 valence electrons. The summed E-state index contributed by atoms with van der Waals surface area (Å²) in [6.07, 6.45) is 0. The van der Waals surface area contributed by atoms with E-state index in [2.05, 4.69) is 5.16 Å². The van der Waals surface area contributed by atoms with Crippen molar-refractivity contribution in [3.8, 4) is 5.75 Å². The van der Waals surface area contributed by atoms with E-state index in [-0.39, 0.29) is 5.75 Å². The fraction of sp³-hybridized carbons (Fsp3) is 0.0714. The topological polar surface area (TPSA) is 108 Å². The van der Waals surface area contributed by atoms with Crippen LogP contribution in [0, 0.1) is 20.2 Å². The van der Waals surface area contributed by atoms with Crippen molar-refractivity contribution in [3.63, 3.8) is 0 Å². The van der Waals surface area contributed by atoms with Crippen LogP contribution in [-0.2, 0) is 0 Å². The lowest BCUT2D eigenvalue weighted by atomic mass is 10.1. The molecule has 0 saturated heterocycles. The van der Waals surface area contributed by atoms with Gasteiger partial charge in [0, 0.05) is 0 Å². The molecule has 0 aliphatic carbocycles. The molecule has 0 saturated carbocycles. The van der Waals surface area contributed by atoms with E-state index in [1.54, 1.807) is 6.92 Å². The van der Waals surface area contributed by atoms with Gasteiger partial charge < -0.3 is 4.84 Å². The highest BCUT2D eigenvalue weighted by Gasteiger charge is 2.17. The second kappa shape index (κ2) is 6.44. The minimum atomic E-state index is -0.729. The van der Waals surface area contributed by atoms with Crippen LogP contribution < -0.4 is 4.84 Å². The standard InChI is InChI=1S/C14H11N3O5/c1-10(11-5-3-2-4-6-11)15-22-14-8-12(16(18)19)7-13(9-14)17(20)21/h2-9H,1H3/b15-10-. The lowest BCUT2D eigenvalue weighted by Crippen LogP contribution is -1.98. The molecule has 0 atom stereocenters. The zero-order valence-electron chi connectivity index (χ0n) is 11.5. The molecule has 0 aliphatic rings. The van der Waals surface area contributed by atoms with Crippen molar-refractivity contribution in [3.05, 3.63) is 74.3 Å². The molecule has 0 aromatic heterocycles. The molecule has 8 nitrogen and oxygen atoms in total. The van der Waals surface area contributed by atoms with E-state index in [1.807, 2.05) is 30.3 Å². The van der Waals surface area contributed by atoms with Gasteiger partial charge in [-0.1, -0.05) is 35.5 Å². The first-order valence-electron chi connectivity index (χ1n) is 6.18. The maximum absolute atomic E-state index is 10.8. The van der Waals surface area contributed by atoms with Gasteiger partial charge in [-0.05, 0) is 12.5 Å². The van der Waals surface area contributed by atoms with Crippen LogP contribution in [-0.4, -0.2) is 15.6 Å². The molecule has 22 heavy (non-hydrogen) atoms. The second-order valence-corrected chi connectivity index (χ2v) is 4.33. The summed E-state index contributed by atoms with van der Waals surface area (Å²) in [6, 6.07) is 12.2. The van der Waals surface area contributed by atoms with Gasteiger partial charge in [-0.2, -0.15) is 0 Å². The SMILES string of the molecule is C/C(=N/Oc1cc([N+](=O)[O-])cc([N+](=O)[O-])c1)c1ccccc1. The van der Waals surface area contributed by atoms with Gasteiger partial charge in [0.05, 0.1) is 33.8 Å². The molecule has 0 spiro atoms. The lowest BCUT2D eigenvalue weighted by molar-refractivity contribution is -0.394. The van der Waals surface area contributed by atoms with Gasteiger partial charge in [0.1, 0.15) is 0 Å². The van der Waals surface area contributed by atoms with Gasteiger partial charge in [-0.25, -0.2) is 0 Å². The number of nitrogens with zero attached hydrogens (tertiary/aromatic N) is 3. The Balaban J connectivity index is 2.29. The number of non-ortho nitro benzene ring substituents is 2. The highest BCUT2D eigenvalue weighted by atomic mass is 16.6. The van der Waals surface area contributed by atoms with Gasteiger partial charge in [-0.3, -0.25) is 20.2 Å². The van der Waals surface area contributed by atoms with E-state index in [4.69, 9.17) is 4.84 Å². The fourth-order valence-electron chi connectivity index (χ4n) is 1.68. The lowest BCUT2D eigenvalue weighted by Gasteiger charge is -2.02. The van der Waals surface area contributed by atoms with Crippen LogP contribution in [0.1, 0.15) is 12.5 Å². The van der Waals surface area contributed by atoms with Crippen molar-refractivity contribution < 1.29 is 14.7 Å². The summed E-state index contributed by atoms with van der Waals surface area (Å²) >= 11 is 0. The number of oxime groups is 1. The highest BCUT2D eigenvalue weighted by Crippen LogP contribution is 2.27. The summed E-state index contributed by atoms with van der Waals surface area (Å²) in [5, 5.41) is 25.4. The Bertz CT molecular complexity index is 711. The minimum Gasteiger partial charge on any atom is -0.356 e. The van der Waals surface area contributed by atoms with E-state index in [9.17, 15) is 20.2 Å². The van der Waals surface area contributed by atoms with Crippen molar-refractivity contribution >= 4 is 17.1 Å². The van der Waals surface area contributed by atoms with Crippen LogP contribution in [0.15, 0.2) is 53.7 Å². The van der Waals surface area contributed by atoms with Crippen LogP contribution in [0.4, 0.5) is 11.4 Å². The summed E-state index contributed by atoms with van der Waals surface area (Å²) in [7, 11) is 0. The number of benzene rings is 2. The number of hydrogen-bond acceptors (Lipinski definition) is 6. The van der Waals surface area contributed by atoms with Crippen LogP contribution in [0.2, 0.25) is 0 Å². The zero-order chi connectivity index (χ0) is 16.1. The molecule has 0 N–H and O–H groups in total. The van der Waals surface area contributed by atoms with Crippen LogP contribution >= 0.6 is 0 Å². The Morgan fingerprint density at radius 2 is 1.55 bits per heavy atom. The largest absolute Gasteiger partial charge is 0.356 e. The average molecular weight is 301 g/mol. The van der Waals surface area contributed by atoms with Crippen molar-refractivity contribution in [2.24, 2.45) is 5.16 Å². The number of rotatable bonds is 5. The molecule has 8 heteroatoms. The first kappa shape index (κ1) is 15.1. The third-order valence-electron chi connectivity index (χ3n) is 2.78. The van der Waals surface area contributed by atoms with Crippen LogP contribution in [0.25, 0.3) is 0 Å². The first-order chi connectivity index (χ1) is 10.5. The predicted molar refractivity (Wildman–Crippen MR) is 79.0 cm³/mol. The van der Waals surface area contributed by atoms with E-state index < -0.39 is 21.2 Å². The Hall–Kier alpha value is -3.29. The van der Waals surface area contributed by atoms with E-state index >= 15 is 0 Å². The molecule has 0 heterocycles. The Labute approximate surface area is 124 Å². The summed E-state index contributed by atoms with van der Waals surface area (Å²) in [5.74, 6) is -0.0730. The Kier molecular flexibility index (Phi) is 4.42. The molecule has 0 bridgehead atoms. The molecule has 0 fully saturated rings. The van der Waals surface area contributed by atoms with Crippen LogP contribution in [0.5, 0.6) is 5.75 Å². The van der Waals surface area contributed by atoms with E-state index in [0.717, 1.165) is 23.8 Å². The molecular weight excluding hydrogens is 290 g/mol. The Morgan fingerprint density at radius 1 is 1.00 bits per heavy atom. The highest BCUT2D eigenvalue weighted by molar-refractivity contribution is 5.98. The fourth-order valence-corrected chi connectivity index (χ4v) is 1.68. The van der Waals surface area contributed by atoms with Gasteiger partial charge in [0.2, 0.25) is 0 Å². The second-order valence-electron chi connectivity index (χ2n) is 4.33. The van der Waals surface area contributed by atoms with Crippen molar-refractivity contribution in [2.75, 3.05) is 0 Å². The third-order valence-corrected chi connectivity index (χ3v) is 2.78. The maximum Gasteiger partial charge on any atom is 0.280 e. The van der Waals surface area contributed by atoms with Crippen molar-refractivity contribution in [1.29, 1.82) is 0 Å². The molecule has 0 aliphatic heterocycles. The number of nitro benzene ring substituents is 2. The van der Waals surface area contributed by atoms with Crippen LogP contribution in [0.3, 0.4) is 0 Å². The first-order valence-corrected chi connectivity index (χ1v) is 6.18. The van der Waals surface area contributed by atoms with Crippen molar-refractivity contribution in [2.45, 2.75) is 6.92 Å². The minimum absolute atomic E-state index is 0.0730. The summed E-state index contributed by atoms with van der Waals surface area (Å²) in [5.41, 5.74) is 0.478. The average Bonchev–Trinajstić information content (AvgIpc) is 2.53. The molecule has 2 aromatic carbocycles. The normalized spacial score (nSPS) is 11.0. The Morgan fingerprint density at radius 3 is 2.05 bits per heavy atom. The summed E-state index contributed by atoms with van der Waals surface area (Å²) in [6.45, 7) is 1.70. The molecule has 2 aromatic rings.